The average molecular weight is 355 g/mol. The van der Waals surface area contributed by atoms with Crippen LogP contribution >= 0.6 is 0 Å². The molecule has 0 aliphatic carbocycles. The second kappa shape index (κ2) is 8.76. The van der Waals surface area contributed by atoms with Crippen LogP contribution in [0, 0.1) is 6.92 Å². The van der Waals surface area contributed by atoms with E-state index in [9.17, 15) is 4.79 Å². The van der Waals surface area contributed by atoms with Gasteiger partial charge in [0.2, 0.25) is 5.91 Å². The van der Waals surface area contributed by atoms with Crippen LogP contribution in [0.2, 0.25) is 0 Å². The first kappa shape index (κ1) is 18.3. The quantitative estimate of drug-likeness (QED) is 0.795. The van der Waals surface area contributed by atoms with Crippen molar-refractivity contribution in [3.8, 4) is 5.75 Å². The van der Waals surface area contributed by atoms with Crippen molar-refractivity contribution in [2.24, 2.45) is 0 Å². The summed E-state index contributed by atoms with van der Waals surface area (Å²) in [7, 11) is 1.63. The number of carbonyl (C=O) groups excluding carboxylic acids is 1. The number of hydrogen-bond donors (Lipinski definition) is 0. The van der Waals surface area contributed by atoms with Crippen LogP contribution in [-0.2, 0) is 22.4 Å². The molecule has 1 aliphatic rings. The molecule has 0 spiro atoms. The summed E-state index contributed by atoms with van der Waals surface area (Å²) in [6, 6.07) is 7.73. The molecule has 1 fully saturated rings. The highest BCUT2D eigenvalue weighted by Gasteiger charge is 2.27. The van der Waals surface area contributed by atoms with E-state index >= 15 is 0 Å². The maximum Gasteiger partial charge on any atom is 0.227 e. The number of aryl methyl sites for hydroxylation is 2. The van der Waals surface area contributed by atoms with E-state index in [0.29, 0.717) is 26.2 Å². The summed E-state index contributed by atoms with van der Waals surface area (Å²) < 4.78 is 11.0. The summed E-state index contributed by atoms with van der Waals surface area (Å²) in [5, 5.41) is 0. The Morgan fingerprint density at radius 2 is 2.12 bits per heavy atom. The lowest BCUT2D eigenvalue weighted by Crippen LogP contribution is -2.49. The molecule has 138 valence electrons. The highest BCUT2D eigenvalue weighted by atomic mass is 16.5. The number of rotatable bonds is 6. The summed E-state index contributed by atoms with van der Waals surface area (Å²) in [5.74, 6) is 0.861. The van der Waals surface area contributed by atoms with Crippen LogP contribution in [-0.4, -0.2) is 53.7 Å². The fourth-order valence-corrected chi connectivity index (χ4v) is 3.32. The van der Waals surface area contributed by atoms with Gasteiger partial charge in [-0.15, -0.1) is 0 Å². The minimum atomic E-state index is 0.0624. The van der Waals surface area contributed by atoms with Crippen LogP contribution in [0.25, 0.3) is 0 Å². The van der Waals surface area contributed by atoms with Gasteiger partial charge in [-0.25, -0.2) is 0 Å². The Bertz CT molecular complexity index is 751. The van der Waals surface area contributed by atoms with Crippen molar-refractivity contribution in [3.63, 3.8) is 0 Å². The maximum atomic E-state index is 12.9. The van der Waals surface area contributed by atoms with E-state index in [4.69, 9.17) is 9.47 Å². The second-order valence-electron chi connectivity index (χ2n) is 6.43. The fraction of sp³-hybridized carbons (Fsp3) is 0.450. The highest BCUT2D eigenvalue weighted by Crippen LogP contribution is 2.21. The third kappa shape index (κ3) is 4.38. The number of amides is 1. The van der Waals surface area contributed by atoms with Crippen molar-refractivity contribution in [2.75, 3.05) is 26.9 Å². The van der Waals surface area contributed by atoms with Gasteiger partial charge in [0.05, 0.1) is 44.2 Å². The highest BCUT2D eigenvalue weighted by molar-refractivity contribution is 5.80. The average Bonchev–Trinajstić information content (AvgIpc) is 2.68. The molecular weight excluding hydrogens is 330 g/mol. The largest absolute Gasteiger partial charge is 0.496 e. The third-order valence-electron chi connectivity index (χ3n) is 4.78. The van der Waals surface area contributed by atoms with Crippen molar-refractivity contribution in [1.82, 2.24) is 14.9 Å². The molecule has 2 aromatic rings. The Morgan fingerprint density at radius 1 is 1.31 bits per heavy atom. The second-order valence-corrected chi connectivity index (χ2v) is 6.43. The Labute approximate surface area is 154 Å². The number of benzene rings is 1. The maximum absolute atomic E-state index is 12.9. The molecule has 1 unspecified atom stereocenters. The number of morpholine rings is 1. The van der Waals surface area contributed by atoms with Gasteiger partial charge in [-0.05, 0) is 25.8 Å². The van der Waals surface area contributed by atoms with Gasteiger partial charge >= 0.3 is 0 Å². The molecule has 1 aliphatic heterocycles. The lowest BCUT2D eigenvalue weighted by atomic mass is 10.0. The summed E-state index contributed by atoms with van der Waals surface area (Å²) in [6.45, 7) is 3.73. The van der Waals surface area contributed by atoms with Gasteiger partial charge in [-0.1, -0.05) is 18.2 Å². The molecule has 0 radical (unpaired) electrons. The summed E-state index contributed by atoms with van der Waals surface area (Å²) in [6.07, 6.45) is 5.35. The summed E-state index contributed by atoms with van der Waals surface area (Å²) in [5.41, 5.74) is 2.83. The molecule has 0 saturated carbocycles. The molecule has 6 nitrogen and oxygen atoms in total. The number of hydrogen-bond acceptors (Lipinski definition) is 5. The standard InChI is InChI=1S/C20H25N3O3/c1-15-18(22-10-9-21-15)8-7-17-14-26-12-11-23(17)20(24)13-16-5-3-4-6-19(16)25-2/h3-6,9-10,17H,7-8,11-14H2,1-2H3. The van der Waals surface area contributed by atoms with Crippen molar-refractivity contribution in [3.05, 3.63) is 53.6 Å². The van der Waals surface area contributed by atoms with Gasteiger partial charge in [0.25, 0.3) is 0 Å². The van der Waals surface area contributed by atoms with Crippen molar-refractivity contribution >= 4 is 5.91 Å². The molecule has 1 aromatic carbocycles. The first-order valence-corrected chi connectivity index (χ1v) is 8.94. The normalized spacial score (nSPS) is 17.2. The number of ether oxygens (including phenoxy) is 2. The Morgan fingerprint density at radius 3 is 2.92 bits per heavy atom. The molecule has 1 aromatic heterocycles. The van der Waals surface area contributed by atoms with E-state index < -0.39 is 0 Å². The van der Waals surface area contributed by atoms with Gasteiger partial charge in [0.1, 0.15) is 5.75 Å². The van der Waals surface area contributed by atoms with E-state index in [-0.39, 0.29) is 11.9 Å². The third-order valence-corrected chi connectivity index (χ3v) is 4.78. The smallest absolute Gasteiger partial charge is 0.227 e. The van der Waals surface area contributed by atoms with Crippen LogP contribution < -0.4 is 4.74 Å². The van der Waals surface area contributed by atoms with Crippen molar-refractivity contribution < 1.29 is 14.3 Å². The molecule has 26 heavy (non-hydrogen) atoms. The van der Waals surface area contributed by atoms with Crippen molar-refractivity contribution in [2.45, 2.75) is 32.2 Å². The van der Waals surface area contributed by atoms with Crippen LogP contribution in [0.3, 0.4) is 0 Å². The van der Waals surface area contributed by atoms with Crippen LogP contribution in [0.4, 0.5) is 0 Å². The lowest BCUT2D eigenvalue weighted by Gasteiger charge is -2.36. The lowest BCUT2D eigenvalue weighted by molar-refractivity contribution is -0.139. The van der Waals surface area contributed by atoms with E-state index in [1.54, 1.807) is 19.5 Å². The van der Waals surface area contributed by atoms with Crippen LogP contribution in [0.1, 0.15) is 23.4 Å². The molecule has 1 amide bonds. The van der Waals surface area contributed by atoms with Crippen LogP contribution in [0.15, 0.2) is 36.7 Å². The zero-order valence-electron chi connectivity index (χ0n) is 15.4. The first-order chi connectivity index (χ1) is 12.7. The molecule has 0 bridgehead atoms. The Balaban J connectivity index is 1.66. The van der Waals surface area contributed by atoms with Gasteiger partial charge in [0.15, 0.2) is 0 Å². The SMILES string of the molecule is COc1ccccc1CC(=O)N1CCOCC1CCc1nccnc1C. The zero-order valence-corrected chi connectivity index (χ0v) is 15.4. The number of nitrogens with zero attached hydrogens (tertiary/aromatic N) is 3. The summed E-state index contributed by atoms with van der Waals surface area (Å²) in [4.78, 5) is 23.5. The van der Waals surface area contributed by atoms with E-state index in [1.807, 2.05) is 36.1 Å². The van der Waals surface area contributed by atoms with Gasteiger partial charge in [-0.2, -0.15) is 0 Å². The van der Waals surface area contributed by atoms with Gasteiger partial charge in [0, 0.05) is 24.5 Å². The van der Waals surface area contributed by atoms with Crippen LogP contribution in [0.5, 0.6) is 5.75 Å². The first-order valence-electron chi connectivity index (χ1n) is 8.94. The molecule has 0 N–H and O–H groups in total. The zero-order chi connectivity index (χ0) is 18.4. The Kier molecular flexibility index (Phi) is 6.17. The number of methoxy groups -OCH3 is 1. The topological polar surface area (TPSA) is 64.5 Å². The number of para-hydroxylation sites is 1. The number of carbonyl (C=O) groups is 1. The van der Waals surface area contributed by atoms with Gasteiger partial charge in [-0.3, -0.25) is 14.8 Å². The van der Waals surface area contributed by atoms with Crippen molar-refractivity contribution in [1.29, 1.82) is 0 Å². The Hall–Kier alpha value is -2.47. The molecule has 6 heteroatoms. The fourth-order valence-electron chi connectivity index (χ4n) is 3.32. The minimum Gasteiger partial charge on any atom is -0.496 e. The van der Waals surface area contributed by atoms with E-state index in [1.165, 1.54) is 0 Å². The molecule has 1 atom stereocenters. The molecule has 1 saturated heterocycles. The molecule has 2 heterocycles. The predicted octanol–water partition coefficient (Wildman–Crippen LogP) is 2.20. The molecular formula is C20H25N3O3. The van der Waals surface area contributed by atoms with E-state index in [2.05, 4.69) is 9.97 Å². The number of aromatic nitrogens is 2. The predicted molar refractivity (Wildman–Crippen MR) is 98.1 cm³/mol. The van der Waals surface area contributed by atoms with E-state index in [0.717, 1.165) is 35.5 Å². The van der Waals surface area contributed by atoms with Gasteiger partial charge < -0.3 is 14.4 Å². The monoisotopic (exact) mass is 355 g/mol. The minimum absolute atomic E-state index is 0.0624. The summed E-state index contributed by atoms with van der Waals surface area (Å²) >= 11 is 0. The molecule has 3 rings (SSSR count).